The molecule has 1 aromatic heterocycles. The zero-order chi connectivity index (χ0) is 17.1. The number of nitrogens with one attached hydrogen (secondary N) is 1. The molecule has 0 saturated carbocycles. The lowest BCUT2D eigenvalue weighted by molar-refractivity contribution is 0.0690. The lowest BCUT2D eigenvalue weighted by Crippen LogP contribution is -2.32. The van der Waals surface area contributed by atoms with E-state index >= 15 is 0 Å². The van der Waals surface area contributed by atoms with Gasteiger partial charge in [0, 0.05) is 13.6 Å². The van der Waals surface area contributed by atoms with Crippen LogP contribution >= 0.6 is 0 Å². The molecule has 2 N–H and O–H groups in total. The molecule has 126 valence electrons. The normalized spacial score (nSPS) is 17.0. The van der Waals surface area contributed by atoms with Crippen LogP contribution in [0.25, 0.3) is 0 Å². The average molecular weight is 327 g/mol. The second-order valence-electron chi connectivity index (χ2n) is 6.28. The third-order valence-corrected chi connectivity index (χ3v) is 4.62. The van der Waals surface area contributed by atoms with E-state index in [1.807, 2.05) is 0 Å². The molecule has 1 heterocycles. The lowest BCUT2D eigenvalue weighted by atomic mass is 9.96. The van der Waals surface area contributed by atoms with Gasteiger partial charge in [0.2, 0.25) is 0 Å². The van der Waals surface area contributed by atoms with Crippen molar-refractivity contribution in [2.24, 2.45) is 13.0 Å². The molecule has 0 fully saturated rings. The fourth-order valence-electron chi connectivity index (χ4n) is 3.35. The van der Waals surface area contributed by atoms with Crippen molar-refractivity contribution in [3.63, 3.8) is 0 Å². The Morgan fingerprint density at radius 2 is 2.08 bits per heavy atom. The molecule has 0 saturated heterocycles. The highest BCUT2D eigenvalue weighted by molar-refractivity contribution is 6.03. The highest BCUT2D eigenvalue weighted by Crippen LogP contribution is 2.24. The summed E-state index contributed by atoms with van der Waals surface area (Å²) in [6, 6.07) is 8.44. The van der Waals surface area contributed by atoms with E-state index in [-0.39, 0.29) is 17.2 Å². The summed E-state index contributed by atoms with van der Waals surface area (Å²) in [6.45, 7) is 0.539. The fourth-order valence-corrected chi connectivity index (χ4v) is 3.35. The first-order chi connectivity index (χ1) is 11.6. The molecule has 1 aliphatic rings. The molecule has 0 bridgehead atoms. The number of aryl methyl sites for hydroxylation is 2. The summed E-state index contributed by atoms with van der Waals surface area (Å²) in [6.07, 6.45) is 5.37. The van der Waals surface area contributed by atoms with Crippen LogP contribution in [-0.2, 0) is 19.9 Å². The summed E-state index contributed by atoms with van der Waals surface area (Å²) in [5.74, 6) is -1.17. The van der Waals surface area contributed by atoms with Crippen LogP contribution in [0.5, 0.6) is 0 Å². The van der Waals surface area contributed by atoms with Gasteiger partial charge < -0.3 is 10.4 Å². The number of aromatic carboxylic acids is 1. The SMILES string of the molecule is Cn1ncc(C(=O)O)c1C(=O)NCC1CCCc2ccccc2C1. The van der Waals surface area contributed by atoms with E-state index in [0.29, 0.717) is 12.5 Å². The number of fused-ring (bicyclic) bond motifs is 1. The maximum Gasteiger partial charge on any atom is 0.339 e. The summed E-state index contributed by atoms with van der Waals surface area (Å²) < 4.78 is 1.31. The second-order valence-corrected chi connectivity index (χ2v) is 6.28. The summed E-state index contributed by atoms with van der Waals surface area (Å²) >= 11 is 0. The Hall–Kier alpha value is -2.63. The van der Waals surface area contributed by atoms with E-state index < -0.39 is 5.97 Å². The van der Waals surface area contributed by atoms with Crippen LogP contribution in [0.2, 0.25) is 0 Å². The molecule has 1 amide bonds. The summed E-state index contributed by atoms with van der Waals surface area (Å²) in [5, 5.41) is 15.9. The molecule has 3 rings (SSSR count). The number of nitrogens with zero attached hydrogens (tertiary/aromatic N) is 2. The molecule has 24 heavy (non-hydrogen) atoms. The van der Waals surface area contributed by atoms with Crippen molar-refractivity contribution >= 4 is 11.9 Å². The van der Waals surface area contributed by atoms with Crippen molar-refractivity contribution in [1.29, 1.82) is 0 Å². The molecule has 6 heteroatoms. The number of hydrogen-bond donors (Lipinski definition) is 2. The first kappa shape index (κ1) is 16.2. The smallest absolute Gasteiger partial charge is 0.339 e. The monoisotopic (exact) mass is 327 g/mol. The first-order valence-corrected chi connectivity index (χ1v) is 8.16. The predicted molar refractivity (Wildman–Crippen MR) is 89.1 cm³/mol. The number of hydrogen-bond acceptors (Lipinski definition) is 3. The van der Waals surface area contributed by atoms with Crippen molar-refractivity contribution in [2.45, 2.75) is 25.7 Å². The number of carbonyl (C=O) groups is 2. The second kappa shape index (κ2) is 6.86. The minimum Gasteiger partial charge on any atom is -0.478 e. The molecule has 0 spiro atoms. The van der Waals surface area contributed by atoms with Crippen molar-refractivity contribution in [3.05, 3.63) is 52.8 Å². The van der Waals surface area contributed by atoms with Crippen LogP contribution in [0.3, 0.4) is 0 Å². The van der Waals surface area contributed by atoms with Crippen LogP contribution in [0.15, 0.2) is 30.5 Å². The minimum absolute atomic E-state index is 0.0683. The predicted octanol–water partition coefficient (Wildman–Crippen LogP) is 2.04. The Kier molecular flexibility index (Phi) is 4.64. The molecule has 2 aromatic rings. The van der Waals surface area contributed by atoms with E-state index in [1.165, 1.54) is 22.0 Å². The van der Waals surface area contributed by atoms with Crippen molar-refractivity contribution in [2.75, 3.05) is 6.54 Å². The molecule has 1 aromatic carbocycles. The topological polar surface area (TPSA) is 84.2 Å². The Morgan fingerprint density at radius 3 is 2.83 bits per heavy atom. The van der Waals surface area contributed by atoms with Gasteiger partial charge in [-0.2, -0.15) is 5.10 Å². The Balaban J connectivity index is 1.67. The number of carbonyl (C=O) groups excluding carboxylic acids is 1. The van der Waals surface area contributed by atoms with Gasteiger partial charge in [-0.1, -0.05) is 24.3 Å². The number of carboxylic acid groups (broad SMARTS) is 1. The first-order valence-electron chi connectivity index (χ1n) is 8.16. The summed E-state index contributed by atoms with van der Waals surface area (Å²) in [4.78, 5) is 23.6. The largest absolute Gasteiger partial charge is 0.478 e. The summed E-state index contributed by atoms with van der Waals surface area (Å²) in [7, 11) is 1.57. The quantitative estimate of drug-likeness (QED) is 0.842. The molecular weight excluding hydrogens is 306 g/mol. The Morgan fingerprint density at radius 1 is 1.33 bits per heavy atom. The van der Waals surface area contributed by atoms with Gasteiger partial charge in [-0.15, -0.1) is 0 Å². The fraction of sp³-hybridized carbons (Fsp3) is 0.389. The van der Waals surface area contributed by atoms with Crippen molar-refractivity contribution in [1.82, 2.24) is 15.1 Å². The van der Waals surface area contributed by atoms with Gasteiger partial charge in [0.05, 0.1) is 6.20 Å². The van der Waals surface area contributed by atoms with E-state index in [1.54, 1.807) is 7.05 Å². The van der Waals surface area contributed by atoms with Crippen molar-refractivity contribution < 1.29 is 14.7 Å². The Bertz CT molecular complexity index is 767. The minimum atomic E-state index is -1.14. The molecule has 1 aliphatic carbocycles. The maximum absolute atomic E-state index is 12.4. The third kappa shape index (κ3) is 3.32. The molecule has 0 aliphatic heterocycles. The van der Waals surface area contributed by atoms with Gasteiger partial charge in [0.25, 0.3) is 5.91 Å². The van der Waals surface area contributed by atoms with E-state index in [4.69, 9.17) is 5.11 Å². The zero-order valence-corrected chi connectivity index (χ0v) is 13.7. The number of amides is 1. The number of aromatic nitrogens is 2. The molecule has 0 radical (unpaired) electrons. The van der Waals surface area contributed by atoms with Crippen LogP contribution < -0.4 is 5.32 Å². The molecule has 1 unspecified atom stereocenters. The van der Waals surface area contributed by atoms with Gasteiger partial charge in [0.15, 0.2) is 0 Å². The van der Waals surface area contributed by atoms with Gasteiger partial charge >= 0.3 is 5.97 Å². The van der Waals surface area contributed by atoms with Crippen LogP contribution in [0.4, 0.5) is 0 Å². The zero-order valence-electron chi connectivity index (χ0n) is 13.7. The van der Waals surface area contributed by atoms with Gasteiger partial charge in [-0.25, -0.2) is 4.79 Å². The van der Waals surface area contributed by atoms with Gasteiger partial charge in [0.1, 0.15) is 11.3 Å². The van der Waals surface area contributed by atoms with Crippen LogP contribution in [0, 0.1) is 5.92 Å². The molecule has 1 atom stereocenters. The van der Waals surface area contributed by atoms with E-state index in [0.717, 1.165) is 25.7 Å². The third-order valence-electron chi connectivity index (χ3n) is 4.62. The van der Waals surface area contributed by atoms with Crippen molar-refractivity contribution in [3.8, 4) is 0 Å². The molecule has 6 nitrogen and oxygen atoms in total. The summed E-state index contributed by atoms with van der Waals surface area (Å²) in [5.41, 5.74) is 2.77. The average Bonchev–Trinajstić information content (AvgIpc) is 2.83. The lowest BCUT2D eigenvalue weighted by Gasteiger charge is -2.16. The highest BCUT2D eigenvalue weighted by Gasteiger charge is 2.23. The van der Waals surface area contributed by atoms with Gasteiger partial charge in [-0.3, -0.25) is 9.48 Å². The van der Waals surface area contributed by atoms with Crippen LogP contribution in [-0.4, -0.2) is 33.3 Å². The highest BCUT2D eigenvalue weighted by atomic mass is 16.4. The standard InChI is InChI=1S/C18H21N3O3/c1-21-16(15(11-20-21)18(23)24)17(22)19-10-12-5-4-8-13-6-2-3-7-14(13)9-12/h2-3,6-7,11-12H,4-5,8-10H2,1H3,(H,19,22)(H,23,24). The van der Waals surface area contributed by atoms with Crippen LogP contribution in [0.1, 0.15) is 44.8 Å². The maximum atomic E-state index is 12.4. The van der Waals surface area contributed by atoms with E-state index in [9.17, 15) is 9.59 Å². The van der Waals surface area contributed by atoms with Gasteiger partial charge in [-0.05, 0) is 42.7 Å². The number of benzene rings is 1. The number of carboxylic acids is 1. The molecular formula is C18H21N3O3. The Labute approximate surface area is 140 Å². The number of rotatable bonds is 4. The van der Waals surface area contributed by atoms with E-state index in [2.05, 4.69) is 34.7 Å².